The topological polar surface area (TPSA) is 113 Å². The number of aliphatic hydroxyl groups is 1. The summed E-state index contributed by atoms with van der Waals surface area (Å²) in [5, 5.41) is 23.7. The van der Waals surface area contributed by atoms with Crippen LogP contribution >= 0.6 is 0 Å². The summed E-state index contributed by atoms with van der Waals surface area (Å²) >= 11 is 0. The smallest absolute Gasteiger partial charge is 0.336 e. The van der Waals surface area contributed by atoms with Crippen LogP contribution in [0.1, 0.15) is 33.4 Å². The molecule has 0 spiro atoms. The van der Waals surface area contributed by atoms with Crippen LogP contribution < -0.4 is 0 Å². The van der Waals surface area contributed by atoms with Crippen molar-refractivity contribution in [2.24, 2.45) is 0 Å². The number of rotatable bonds is 6. The molecule has 3 rings (SSSR count). The number of carboxylic acid groups (broad SMARTS) is 1. The molecule has 1 aliphatic rings. The fraction of sp³-hybridized carbons (Fsp3) is 0.412. The Morgan fingerprint density at radius 1 is 1.31 bits per heavy atom. The Kier molecular flexibility index (Phi) is 5.12. The predicted molar refractivity (Wildman–Crippen MR) is 94.4 cm³/mol. The number of aliphatic hydroxyl groups excluding tert-OH is 1. The van der Waals surface area contributed by atoms with Crippen LogP contribution in [0.5, 0.6) is 0 Å². The highest BCUT2D eigenvalue weighted by atomic mass is 32.2. The number of fused-ring (bicyclic) bond motifs is 1. The summed E-state index contributed by atoms with van der Waals surface area (Å²) in [6.07, 6.45) is -0.0716. The first-order chi connectivity index (χ1) is 12.2. The number of carboxylic acids is 1. The Morgan fingerprint density at radius 3 is 2.73 bits per heavy atom. The van der Waals surface area contributed by atoms with Gasteiger partial charge in [0.05, 0.1) is 29.2 Å². The molecule has 0 saturated carbocycles. The zero-order chi connectivity index (χ0) is 18.9. The van der Waals surface area contributed by atoms with Crippen LogP contribution in [-0.4, -0.2) is 57.8 Å². The van der Waals surface area contributed by atoms with Crippen molar-refractivity contribution in [2.45, 2.75) is 25.7 Å². The van der Waals surface area contributed by atoms with Gasteiger partial charge in [-0.1, -0.05) is 18.2 Å². The van der Waals surface area contributed by atoms with Crippen LogP contribution in [0.4, 0.5) is 0 Å². The maximum absolute atomic E-state index is 11.3. The lowest BCUT2D eigenvalue weighted by molar-refractivity contribution is 0.0694. The van der Waals surface area contributed by atoms with Gasteiger partial charge < -0.3 is 10.2 Å². The Balaban J connectivity index is 1.73. The monoisotopic (exact) mass is 379 g/mol. The number of nitrogens with zero attached hydrogens (tertiary/aromatic N) is 3. The standard InChI is InChI=1S/C17H21N3O5S/c1-26(24,25)11-16(21)15-8-13-10-19(6-7-20(13)18-15)9-12-4-2-3-5-14(12)17(22)23/h2-5,8,16,21H,6-7,9-11H2,1H3,(H,22,23)/t16-/m0/s1. The van der Waals surface area contributed by atoms with Crippen molar-refractivity contribution in [3.8, 4) is 0 Å². The van der Waals surface area contributed by atoms with Crippen molar-refractivity contribution in [3.05, 3.63) is 52.8 Å². The van der Waals surface area contributed by atoms with E-state index in [1.807, 2.05) is 6.07 Å². The van der Waals surface area contributed by atoms with Crippen molar-refractivity contribution in [1.82, 2.24) is 14.7 Å². The number of aromatic carboxylic acids is 1. The normalized spacial score (nSPS) is 16.2. The van der Waals surface area contributed by atoms with Crippen molar-refractivity contribution in [2.75, 3.05) is 18.6 Å². The van der Waals surface area contributed by atoms with Gasteiger partial charge in [0.25, 0.3) is 0 Å². The number of aromatic nitrogens is 2. The molecule has 0 unspecified atom stereocenters. The van der Waals surface area contributed by atoms with E-state index in [-0.39, 0.29) is 11.3 Å². The third kappa shape index (κ3) is 4.29. The summed E-state index contributed by atoms with van der Waals surface area (Å²) < 4.78 is 24.5. The van der Waals surface area contributed by atoms with Crippen molar-refractivity contribution < 1.29 is 23.4 Å². The highest BCUT2D eigenvalue weighted by Gasteiger charge is 2.24. The van der Waals surface area contributed by atoms with Gasteiger partial charge in [0, 0.05) is 25.9 Å². The van der Waals surface area contributed by atoms with Gasteiger partial charge in [-0.15, -0.1) is 0 Å². The molecule has 8 nitrogen and oxygen atoms in total. The Morgan fingerprint density at radius 2 is 2.04 bits per heavy atom. The largest absolute Gasteiger partial charge is 0.478 e. The van der Waals surface area contributed by atoms with E-state index in [0.29, 0.717) is 31.9 Å². The van der Waals surface area contributed by atoms with Gasteiger partial charge in [-0.25, -0.2) is 13.2 Å². The lowest BCUT2D eigenvalue weighted by Crippen LogP contribution is -2.33. The van der Waals surface area contributed by atoms with Crippen LogP contribution in [-0.2, 0) is 29.5 Å². The summed E-state index contributed by atoms with van der Waals surface area (Å²) in [5.41, 5.74) is 2.24. The molecule has 0 amide bonds. The molecule has 1 aromatic heterocycles. The number of hydrogen-bond donors (Lipinski definition) is 2. The second-order valence-electron chi connectivity index (χ2n) is 6.56. The van der Waals surface area contributed by atoms with E-state index in [2.05, 4.69) is 10.00 Å². The summed E-state index contributed by atoms with van der Waals surface area (Å²) in [6, 6.07) is 8.62. The fourth-order valence-electron chi connectivity index (χ4n) is 3.12. The number of sulfone groups is 1. The van der Waals surface area contributed by atoms with Crippen LogP contribution in [0.2, 0.25) is 0 Å². The van der Waals surface area contributed by atoms with E-state index < -0.39 is 21.9 Å². The van der Waals surface area contributed by atoms with Crippen LogP contribution in [0, 0.1) is 0 Å². The van der Waals surface area contributed by atoms with E-state index in [4.69, 9.17) is 0 Å². The summed E-state index contributed by atoms with van der Waals surface area (Å²) in [6.45, 7) is 2.32. The number of hydrogen-bond acceptors (Lipinski definition) is 6. The van der Waals surface area contributed by atoms with Crippen LogP contribution in [0.25, 0.3) is 0 Å². The van der Waals surface area contributed by atoms with Gasteiger partial charge in [-0.2, -0.15) is 5.10 Å². The third-order valence-electron chi connectivity index (χ3n) is 4.34. The Hall–Kier alpha value is -2.23. The molecule has 26 heavy (non-hydrogen) atoms. The molecule has 9 heteroatoms. The zero-order valence-corrected chi connectivity index (χ0v) is 15.2. The highest BCUT2D eigenvalue weighted by Crippen LogP contribution is 2.21. The second kappa shape index (κ2) is 7.18. The van der Waals surface area contributed by atoms with Gasteiger partial charge in [0.15, 0.2) is 0 Å². The van der Waals surface area contributed by atoms with Crippen molar-refractivity contribution in [3.63, 3.8) is 0 Å². The second-order valence-corrected chi connectivity index (χ2v) is 8.75. The van der Waals surface area contributed by atoms with Gasteiger partial charge in [0.1, 0.15) is 15.9 Å². The molecular weight excluding hydrogens is 358 g/mol. The first-order valence-corrected chi connectivity index (χ1v) is 10.2. The SMILES string of the molecule is CS(=O)(=O)C[C@H](O)c1cc2n(n1)CCN(Cc1ccccc1C(=O)O)C2. The lowest BCUT2D eigenvalue weighted by atomic mass is 10.1. The molecule has 0 fully saturated rings. The Labute approximate surface area is 151 Å². The Bertz CT molecular complexity index is 922. The summed E-state index contributed by atoms with van der Waals surface area (Å²) in [4.78, 5) is 13.4. The van der Waals surface area contributed by atoms with Gasteiger partial charge in [-0.05, 0) is 17.7 Å². The minimum absolute atomic E-state index is 0.288. The van der Waals surface area contributed by atoms with Gasteiger partial charge >= 0.3 is 5.97 Å². The molecule has 140 valence electrons. The lowest BCUT2D eigenvalue weighted by Gasteiger charge is -2.27. The van der Waals surface area contributed by atoms with E-state index in [9.17, 15) is 23.4 Å². The highest BCUT2D eigenvalue weighted by molar-refractivity contribution is 7.90. The first-order valence-electron chi connectivity index (χ1n) is 8.19. The minimum Gasteiger partial charge on any atom is -0.478 e. The van der Waals surface area contributed by atoms with Gasteiger partial charge in [-0.3, -0.25) is 9.58 Å². The van der Waals surface area contributed by atoms with Gasteiger partial charge in [0.2, 0.25) is 0 Å². The van der Waals surface area contributed by atoms with Crippen LogP contribution in [0.15, 0.2) is 30.3 Å². The molecule has 0 saturated heterocycles. The summed E-state index contributed by atoms with van der Waals surface area (Å²) in [7, 11) is -3.30. The molecule has 1 atom stereocenters. The molecule has 0 radical (unpaired) electrons. The van der Waals surface area contributed by atoms with Crippen molar-refractivity contribution >= 4 is 15.8 Å². The zero-order valence-electron chi connectivity index (χ0n) is 14.4. The molecule has 2 N–H and O–H groups in total. The maximum atomic E-state index is 11.3. The summed E-state index contributed by atoms with van der Waals surface area (Å²) in [5.74, 6) is -1.31. The quantitative estimate of drug-likeness (QED) is 0.759. The molecular formula is C17H21N3O5S. The van der Waals surface area contributed by atoms with E-state index in [1.54, 1.807) is 28.9 Å². The fourth-order valence-corrected chi connectivity index (χ4v) is 3.86. The maximum Gasteiger partial charge on any atom is 0.336 e. The molecule has 2 heterocycles. The first kappa shape index (κ1) is 18.6. The van der Waals surface area contributed by atoms with E-state index in [1.165, 1.54) is 0 Å². The van der Waals surface area contributed by atoms with Crippen LogP contribution in [0.3, 0.4) is 0 Å². The average Bonchev–Trinajstić information content (AvgIpc) is 2.97. The molecule has 1 aliphatic heterocycles. The average molecular weight is 379 g/mol. The van der Waals surface area contributed by atoms with E-state index >= 15 is 0 Å². The van der Waals surface area contributed by atoms with E-state index in [0.717, 1.165) is 17.5 Å². The third-order valence-corrected chi connectivity index (χ3v) is 5.26. The number of carbonyl (C=O) groups is 1. The molecule has 2 aromatic rings. The molecule has 1 aromatic carbocycles. The number of benzene rings is 1. The van der Waals surface area contributed by atoms with Crippen molar-refractivity contribution in [1.29, 1.82) is 0 Å². The predicted octanol–water partition coefficient (Wildman–Crippen LogP) is 0.675. The molecule has 0 aliphatic carbocycles. The molecule has 0 bridgehead atoms. The minimum atomic E-state index is -3.30.